The lowest BCUT2D eigenvalue weighted by Gasteiger charge is -2.12. The van der Waals surface area contributed by atoms with Crippen LogP contribution in [0.1, 0.15) is 5.56 Å². The van der Waals surface area contributed by atoms with Gasteiger partial charge in [0.25, 0.3) is 0 Å². The molecule has 0 atom stereocenters. The Hall–Kier alpha value is -2.46. The number of anilines is 1. The highest BCUT2D eigenvalue weighted by molar-refractivity contribution is 7.80. The van der Waals surface area contributed by atoms with Crippen molar-refractivity contribution in [1.29, 1.82) is 0 Å². The molecule has 0 fully saturated rings. The molecule has 0 amide bonds. The lowest BCUT2D eigenvalue weighted by atomic mass is 10.1. The van der Waals surface area contributed by atoms with Gasteiger partial charge in [0.15, 0.2) is 5.11 Å². The van der Waals surface area contributed by atoms with Crippen LogP contribution >= 0.6 is 12.2 Å². The average Bonchev–Trinajstić information content (AvgIpc) is 2.55. The van der Waals surface area contributed by atoms with Crippen molar-refractivity contribution in [2.45, 2.75) is 6.54 Å². The summed E-state index contributed by atoms with van der Waals surface area (Å²) in [5, 5.41) is 9.17. The van der Waals surface area contributed by atoms with Crippen molar-refractivity contribution in [2.24, 2.45) is 0 Å². The van der Waals surface area contributed by atoms with Crippen LogP contribution in [0, 0.1) is 5.82 Å². The van der Waals surface area contributed by atoms with Crippen LogP contribution in [-0.4, -0.2) is 5.11 Å². The van der Waals surface area contributed by atoms with E-state index in [-0.39, 0.29) is 5.82 Å². The van der Waals surface area contributed by atoms with Crippen LogP contribution < -0.4 is 10.6 Å². The second kappa shape index (κ2) is 6.54. The molecule has 110 valence electrons. The molecule has 0 aromatic heterocycles. The fourth-order valence-corrected chi connectivity index (χ4v) is 2.47. The predicted molar refractivity (Wildman–Crippen MR) is 93.4 cm³/mol. The molecule has 0 heterocycles. The van der Waals surface area contributed by atoms with Crippen molar-refractivity contribution < 1.29 is 4.39 Å². The summed E-state index contributed by atoms with van der Waals surface area (Å²) < 4.78 is 12.9. The number of halogens is 1. The third-order valence-corrected chi connectivity index (χ3v) is 3.65. The topological polar surface area (TPSA) is 24.1 Å². The number of rotatable bonds is 3. The summed E-state index contributed by atoms with van der Waals surface area (Å²) in [6, 6.07) is 20.6. The van der Waals surface area contributed by atoms with E-state index in [2.05, 4.69) is 28.8 Å². The first-order valence-corrected chi connectivity index (χ1v) is 7.40. The Kier molecular flexibility index (Phi) is 4.30. The number of benzene rings is 3. The SMILES string of the molecule is Fc1ccc(CNC(=S)Nc2cccc3ccccc23)cc1. The largest absolute Gasteiger partial charge is 0.358 e. The van der Waals surface area contributed by atoms with Gasteiger partial charge in [0.1, 0.15) is 5.82 Å². The smallest absolute Gasteiger partial charge is 0.171 e. The Morgan fingerprint density at radius 2 is 1.64 bits per heavy atom. The fourth-order valence-electron chi connectivity index (χ4n) is 2.29. The highest BCUT2D eigenvalue weighted by Gasteiger charge is 2.02. The molecule has 3 aromatic carbocycles. The Morgan fingerprint density at radius 3 is 2.45 bits per heavy atom. The second-order valence-corrected chi connectivity index (χ2v) is 5.37. The van der Waals surface area contributed by atoms with Gasteiger partial charge in [-0.25, -0.2) is 4.39 Å². The molecule has 0 radical (unpaired) electrons. The highest BCUT2D eigenvalue weighted by Crippen LogP contribution is 2.22. The van der Waals surface area contributed by atoms with E-state index < -0.39 is 0 Å². The first-order chi connectivity index (χ1) is 10.7. The number of thiocarbonyl (C=S) groups is 1. The molecule has 0 bridgehead atoms. The second-order valence-electron chi connectivity index (χ2n) is 4.96. The van der Waals surface area contributed by atoms with Crippen LogP contribution in [-0.2, 0) is 6.54 Å². The van der Waals surface area contributed by atoms with Crippen LogP contribution in [0.4, 0.5) is 10.1 Å². The monoisotopic (exact) mass is 310 g/mol. The summed E-state index contributed by atoms with van der Waals surface area (Å²) >= 11 is 5.33. The van der Waals surface area contributed by atoms with Gasteiger partial charge in [-0.05, 0) is 41.4 Å². The number of hydrogen-bond acceptors (Lipinski definition) is 1. The van der Waals surface area contributed by atoms with Crippen LogP contribution in [0.5, 0.6) is 0 Å². The van der Waals surface area contributed by atoms with Gasteiger partial charge in [-0.3, -0.25) is 0 Å². The minimum absolute atomic E-state index is 0.236. The molecule has 0 saturated carbocycles. The lowest BCUT2D eigenvalue weighted by Crippen LogP contribution is -2.27. The molecule has 22 heavy (non-hydrogen) atoms. The maximum absolute atomic E-state index is 12.9. The van der Waals surface area contributed by atoms with Crippen LogP contribution in [0.3, 0.4) is 0 Å². The summed E-state index contributed by atoms with van der Waals surface area (Å²) in [7, 11) is 0. The number of nitrogens with one attached hydrogen (secondary N) is 2. The summed E-state index contributed by atoms with van der Waals surface area (Å²) in [4.78, 5) is 0. The van der Waals surface area contributed by atoms with E-state index >= 15 is 0 Å². The quantitative estimate of drug-likeness (QED) is 0.698. The first kappa shape index (κ1) is 14.5. The van der Waals surface area contributed by atoms with Crippen molar-refractivity contribution in [3.63, 3.8) is 0 Å². The maximum atomic E-state index is 12.9. The molecule has 0 spiro atoms. The van der Waals surface area contributed by atoms with E-state index in [9.17, 15) is 4.39 Å². The van der Waals surface area contributed by atoms with Gasteiger partial charge in [0.2, 0.25) is 0 Å². The van der Waals surface area contributed by atoms with Crippen molar-refractivity contribution in [2.75, 3.05) is 5.32 Å². The standard InChI is InChI=1S/C18H15FN2S/c19-15-10-8-13(9-11-15)12-20-18(22)21-17-7-3-5-14-4-1-2-6-16(14)17/h1-11H,12H2,(H2,20,21,22). The van der Waals surface area contributed by atoms with Crippen molar-refractivity contribution >= 4 is 33.8 Å². The Morgan fingerprint density at radius 1 is 0.909 bits per heavy atom. The maximum Gasteiger partial charge on any atom is 0.171 e. The third-order valence-electron chi connectivity index (χ3n) is 3.40. The summed E-state index contributed by atoms with van der Waals surface area (Å²) in [5.74, 6) is -0.236. The van der Waals surface area contributed by atoms with Crippen molar-refractivity contribution in [3.05, 3.63) is 78.1 Å². The molecule has 0 aliphatic heterocycles. The van der Waals surface area contributed by atoms with E-state index in [0.717, 1.165) is 22.0 Å². The predicted octanol–water partition coefficient (Wildman–Crippen LogP) is 4.47. The van der Waals surface area contributed by atoms with Gasteiger partial charge in [0, 0.05) is 17.6 Å². The minimum Gasteiger partial charge on any atom is -0.358 e. The van der Waals surface area contributed by atoms with E-state index in [0.29, 0.717) is 11.7 Å². The van der Waals surface area contributed by atoms with Crippen molar-refractivity contribution in [3.8, 4) is 0 Å². The normalized spacial score (nSPS) is 10.4. The Balaban J connectivity index is 1.67. The molecule has 0 unspecified atom stereocenters. The summed E-state index contributed by atoms with van der Waals surface area (Å²) in [5.41, 5.74) is 1.94. The van der Waals surface area contributed by atoms with Gasteiger partial charge < -0.3 is 10.6 Å². The average molecular weight is 310 g/mol. The Labute approximate surface area is 134 Å². The molecule has 3 aromatic rings. The zero-order chi connectivity index (χ0) is 15.4. The molecule has 3 rings (SSSR count). The van der Waals surface area contributed by atoms with E-state index in [1.165, 1.54) is 12.1 Å². The summed E-state index contributed by atoms with van der Waals surface area (Å²) in [6.45, 7) is 0.552. The first-order valence-electron chi connectivity index (χ1n) is 6.99. The molecule has 0 saturated heterocycles. The van der Waals surface area contributed by atoms with Gasteiger partial charge in [-0.15, -0.1) is 0 Å². The van der Waals surface area contributed by atoms with E-state index in [4.69, 9.17) is 12.2 Å². The fraction of sp³-hybridized carbons (Fsp3) is 0.0556. The van der Waals surface area contributed by atoms with Gasteiger partial charge >= 0.3 is 0 Å². The highest BCUT2D eigenvalue weighted by atomic mass is 32.1. The molecular formula is C18H15FN2S. The molecule has 0 aliphatic rings. The molecule has 2 nitrogen and oxygen atoms in total. The third kappa shape index (κ3) is 3.40. The number of fused-ring (bicyclic) bond motifs is 1. The Bertz CT molecular complexity index is 794. The molecule has 2 N–H and O–H groups in total. The van der Waals surface area contributed by atoms with E-state index in [1.54, 1.807) is 12.1 Å². The molecule has 0 aliphatic carbocycles. The van der Waals surface area contributed by atoms with Crippen LogP contribution in [0.15, 0.2) is 66.7 Å². The molecular weight excluding hydrogens is 295 g/mol. The van der Waals surface area contributed by atoms with Gasteiger partial charge in [-0.2, -0.15) is 0 Å². The van der Waals surface area contributed by atoms with Crippen LogP contribution in [0.2, 0.25) is 0 Å². The zero-order valence-corrected chi connectivity index (χ0v) is 12.7. The number of hydrogen-bond donors (Lipinski definition) is 2. The van der Waals surface area contributed by atoms with E-state index in [1.807, 2.05) is 24.3 Å². The molecule has 4 heteroatoms. The minimum atomic E-state index is -0.236. The van der Waals surface area contributed by atoms with Gasteiger partial charge in [0.05, 0.1) is 0 Å². The summed E-state index contributed by atoms with van der Waals surface area (Å²) in [6.07, 6.45) is 0. The van der Waals surface area contributed by atoms with Crippen LogP contribution in [0.25, 0.3) is 10.8 Å². The lowest BCUT2D eigenvalue weighted by molar-refractivity contribution is 0.627. The zero-order valence-electron chi connectivity index (χ0n) is 11.8. The van der Waals surface area contributed by atoms with Crippen molar-refractivity contribution in [1.82, 2.24) is 5.32 Å². The van der Waals surface area contributed by atoms with Gasteiger partial charge in [-0.1, -0.05) is 48.5 Å².